The zero-order valence-corrected chi connectivity index (χ0v) is 13.4. The molecule has 0 bridgehead atoms. The van der Waals surface area contributed by atoms with Crippen LogP contribution < -0.4 is 11.1 Å². The fourth-order valence-electron chi connectivity index (χ4n) is 1.90. The van der Waals surface area contributed by atoms with Gasteiger partial charge in [0, 0.05) is 6.54 Å². The molecule has 0 saturated heterocycles. The standard InChI is InChI=1S/C14H25N3O2S/c1-4-17(5-2)9-7-8-16-12-10-11(15)13(20-12)14(18)19-6-3/h10,16H,4-9,15H2,1-3H3. The van der Waals surface area contributed by atoms with Crippen molar-refractivity contribution in [3.63, 3.8) is 0 Å². The van der Waals surface area contributed by atoms with Crippen molar-refractivity contribution in [2.24, 2.45) is 0 Å². The zero-order valence-electron chi connectivity index (χ0n) is 12.6. The fraction of sp³-hybridized carbons (Fsp3) is 0.643. The Balaban J connectivity index is 2.41. The van der Waals surface area contributed by atoms with E-state index in [-0.39, 0.29) is 5.97 Å². The molecule has 3 N–H and O–H groups in total. The van der Waals surface area contributed by atoms with Crippen molar-refractivity contribution in [1.29, 1.82) is 0 Å². The van der Waals surface area contributed by atoms with E-state index in [1.54, 1.807) is 13.0 Å². The van der Waals surface area contributed by atoms with E-state index in [9.17, 15) is 4.79 Å². The molecule has 5 nitrogen and oxygen atoms in total. The number of ether oxygens (including phenoxy) is 1. The molecule has 0 aliphatic carbocycles. The Kier molecular flexibility index (Phi) is 7.40. The number of nitrogen functional groups attached to an aromatic ring is 1. The van der Waals surface area contributed by atoms with Crippen LogP contribution in [0.1, 0.15) is 36.9 Å². The van der Waals surface area contributed by atoms with Crippen molar-refractivity contribution < 1.29 is 9.53 Å². The van der Waals surface area contributed by atoms with Crippen molar-refractivity contribution in [3.8, 4) is 0 Å². The molecule has 1 heterocycles. The van der Waals surface area contributed by atoms with Gasteiger partial charge in [0.25, 0.3) is 0 Å². The van der Waals surface area contributed by atoms with Crippen molar-refractivity contribution in [1.82, 2.24) is 4.90 Å². The highest BCUT2D eigenvalue weighted by molar-refractivity contribution is 7.18. The molecule has 0 aliphatic rings. The van der Waals surface area contributed by atoms with E-state index in [0.29, 0.717) is 17.2 Å². The molecule has 1 aromatic rings. The molecule has 6 heteroatoms. The number of nitrogens with two attached hydrogens (primary N) is 1. The second kappa shape index (κ2) is 8.81. The molecule has 1 aromatic heterocycles. The number of carbonyl (C=O) groups excluding carboxylic acids is 1. The van der Waals surface area contributed by atoms with E-state index < -0.39 is 0 Å². The van der Waals surface area contributed by atoms with Gasteiger partial charge in [-0.2, -0.15) is 0 Å². The first kappa shape index (κ1) is 16.8. The molecular formula is C14H25N3O2S. The van der Waals surface area contributed by atoms with Gasteiger partial charge in [0.15, 0.2) is 0 Å². The fourth-order valence-corrected chi connectivity index (χ4v) is 2.80. The number of anilines is 2. The topological polar surface area (TPSA) is 67.6 Å². The lowest BCUT2D eigenvalue weighted by molar-refractivity contribution is 0.0533. The van der Waals surface area contributed by atoms with Crippen LogP contribution in [0.5, 0.6) is 0 Å². The summed E-state index contributed by atoms with van der Waals surface area (Å²) in [5, 5.41) is 4.23. The molecule has 0 amide bonds. The van der Waals surface area contributed by atoms with Crippen molar-refractivity contribution >= 4 is 28.0 Å². The van der Waals surface area contributed by atoms with Gasteiger partial charge in [-0.3, -0.25) is 0 Å². The summed E-state index contributed by atoms with van der Waals surface area (Å²) in [6, 6.07) is 1.80. The summed E-state index contributed by atoms with van der Waals surface area (Å²) in [6.07, 6.45) is 1.06. The largest absolute Gasteiger partial charge is 0.462 e. The van der Waals surface area contributed by atoms with Gasteiger partial charge in [-0.25, -0.2) is 4.79 Å². The maximum Gasteiger partial charge on any atom is 0.350 e. The average molecular weight is 299 g/mol. The highest BCUT2D eigenvalue weighted by Crippen LogP contribution is 2.29. The van der Waals surface area contributed by atoms with Crippen LogP contribution in [0.2, 0.25) is 0 Å². The van der Waals surface area contributed by atoms with Crippen LogP contribution in [0.25, 0.3) is 0 Å². The van der Waals surface area contributed by atoms with Gasteiger partial charge < -0.3 is 20.7 Å². The molecule has 20 heavy (non-hydrogen) atoms. The Morgan fingerprint density at radius 1 is 1.40 bits per heavy atom. The van der Waals surface area contributed by atoms with Gasteiger partial charge in [-0.05, 0) is 39.0 Å². The molecule has 0 aromatic carbocycles. The number of thiophene rings is 1. The third kappa shape index (κ3) is 5.02. The smallest absolute Gasteiger partial charge is 0.350 e. The van der Waals surface area contributed by atoms with Gasteiger partial charge in [0.2, 0.25) is 0 Å². The van der Waals surface area contributed by atoms with E-state index in [4.69, 9.17) is 10.5 Å². The lowest BCUT2D eigenvalue weighted by atomic mass is 10.3. The molecule has 0 saturated carbocycles. The van der Waals surface area contributed by atoms with Crippen LogP contribution in [-0.4, -0.2) is 43.7 Å². The van der Waals surface area contributed by atoms with Gasteiger partial charge in [-0.15, -0.1) is 11.3 Å². The predicted molar refractivity (Wildman–Crippen MR) is 85.6 cm³/mol. The molecule has 0 fully saturated rings. The van der Waals surface area contributed by atoms with Crippen LogP contribution in [0.4, 0.5) is 10.7 Å². The summed E-state index contributed by atoms with van der Waals surface area (Å²) in [7, 11) is 0. The van der Waals surface area contributed by atoms with Gasteiger partial charge in [0.1, 0.15) is 4.88 Å². The molecule has 0 radical (unpaired) electrons. The van der Waals surface area contributed by atoms with Gasteiger partial charge >= 0.3 is 5.97 Å². The first-order chi connectivity index (χ1) is 9.62. The normalized spacial score (nSPS) is 10.8. The third-order valence-electron chi connectivity index (χ3n) is 3.07. The SMILES string of the molecule is CCOC(=O)c1sc(NCCCN(CC)CC)cc1N. The molecular weight excluding hydrogens is 274 g/mol. The lowest BCUT2D eigenvalue weighted by Gasteiger charge is -2.17. The van der Waals surface area contributed by atoms with Gasteiger partial charge in [0.05, 0.1) is 17.3 Å². The highest BCUT2D eigenvalue weighted by atomic mass is 32.1. The van der Waals surface area contributed by atoms with E-state index in [1.165, 1.54) is 11.3 Å². The Bertz CT molecular complexity index is 417. The summed E-state index contributed by atoms with van der Waals surface area (Å²) in [4.78, 5) is 14.5. The van der Waals surface area contributed by atoms with Gasteiger partial charge in [-0.1, -0.05) is 13.8 Å². The van der Waals surface area contributed by atoms with E-state index in [2.05, 4.69) is 24.1 Å². The minimum absolute atomic E-state index is 0.341. The van der Waals surface area contributed by atoms with Crippen molar-refractivity contribution in [3.05, 3.63) is 10.9 Å². The predicted octanol–water partition coefficient (Wildman–Crippen LogP) is 2.65. The molecule has 114 valence electrons. The van der Waals surface area contributed by atoms with Crippen molar-refractivity contribution in [2.45, 2.75) is 27.2 Å². The first-order valence-electron chi connectivity index (χ1n) is 7.14. The Labute approximate surface area is 125 Å². The maximum absolute atomic E-state index is 11.6. The summed E-state index contributed by atoms with van der Waals surface area (Å²) >= 11 is 1.35. The summed E-state index contributed by atoms with van der Waals surface area (Å²) in [5.41, 5.74) is 6.32. The number of nitrogens with one attached hydrogen (secondary N) is 1. The van der Waals surface area contributed by atoms with Crippen LogP contribution in [0.3, 0.4) is 0 Å². The summed E-state index contributed by atoms with van der Waals surface area (Å²) in [5.74, 6) is -0.341. The van der Waals surface area contributed by atoms with E-state index in [0.717, 1.165) is 37.6 Å². The van der Waals surface area contributed by atoms with Crippen LogP contribution in [0.15, 0.2) is 6.07 Å². The third-order valence-corrected chi connectivity index (χ3v) is 4.16. The molecule has 1 rings (SSSR count). The zero-order chi connectivity index (χ0) is 15.0. The summed E-state index contributed by atoms with van der Waals surface area (Å²) in [6.45, 7) is 10.6. The highest BCUT2D eigenvalue weighted by Gasteiger charge is 2.15. The van der Waals surface area contributed by atoms with Crippen molar-refractivity contribution in [2.75, 3.05) is 43.8 Å². The second-order valence-electron chi connectivity index (χ2n) is 4.42. The van der Waals surface area contributed by atoms with Crippen LogP contribution >= 0.6 is 11.3 Å². The number of carbonyl (C=O) groups is 1. The molecule has 0 aliphatic heterocycles. The minimum atomic E-state index is -0.341. The monoisotopic (exact) mass is 299 g/mol. The van der Waals surface area contributed by atoms with Crippen LogP contribution in [0, 0.1) is 0 Å². The van der Waals surface area contributed by atoms with E-state index >= 15 is 0 Å². The molecule has 0 spiro atoms. The average Bonchev–Trinajstić information content (AvgIpc) is 2.80. The molecule has 0 unspecified atom stereocenters. The lowest BCUT2D eigenvalue weighted by Crippen LogP contribution is -2.25. The Morgan fingerprint density at radius 3 is 2.70 bits per heavy atom. The van der Waals surface area contributed by atoms with Crippen LogP contribution in [-0.2, 0) is 4.74 Å². The summed E-state index contributed by atoms with van der Waals surface area (Å²) < 4.78 is 4.97. The molecule has 0 atom stereocenters. The Morgan fingerprint density at radius 2 is 2.10 bits per heavy atom. The number of hydrogen-bond acceptors (Lipinski definition) is 6. The van der Waals surface area contributed by atoms with E-state index in [1.807, 2.05) is 0 Å². The minimum Gasteiger partial charge on any atom is -0.462 e. The number of nitrogens with zero attached hydrogens (tertiary/aromatic N) is 1. The second-order valence-corrected chi connectivity index (χ2v) is 5.47. The Hall–Kier alpha value is -1.27. The number of esters is 1. The quantitative estimate of drug-likeness (QED) is 0.542. The first-order valence-corrected chi connectivity index (χ1v) is 7.96. The number of rotatable bonds is 9. The number of hydrogen-bond donors (Lipinski definition) is 2. The maximum atomic E-state index is 11.6.